The van der Waals surface area contributed by atoms with E-state index in [1.807, 2.05) is 19.9 Å². The molecule has 0 aromatic heterocycles. The molecule has 7 heteroatoms. The van der Waals surface area contributed by atoms with Crippen LogP contribution < -0.4 is 15.5 Å². The predicted molar refractivity (Wildman–Crippen MR) is 117 cm³/mol. The smallest absolute Gasteiger partial charge is 0.329 e. The van der Waals surface area contributed by atoms with E-state index in [2.05, 4.69) is 15.8 Å². The largest absolute Gasteiger partial charge is 0.489 e. The molecule has 0 bridgehead atoms. The maximum absolute atomic E-state index is 13.0. The van der Waals surface area contributed by atoms with Crippen LogP contribution in [0.2, 0.25) is 0 Å². The first kappa shape index (κ1) is 21.7. The summed E-state index contributed by atoms with van der Waals surface area (Å²) in [4.78, 5) is 24.0. The van der Waals surface area contributed by atoms with Gasteiger partial charge in [-0.15, -0.1) is 0 Å². The highest BCUT2D eigenvalue weighted by Crippen LogP contribution is 2.15. The molecular weight excluding hydrogens is 397 g/mol. The predicted octanol–water partition coefficient (Wildman–Crippen LogP) is 4.11. The van der Waals surface area contributed by atoms with Gasteiger partial charge >= 0.3 is 11.8 Å². The molecule has 3 rings (SSSR count). The number of aryl methyl sites for hydroxylation is 2. The molecule has 0 aliphatic rings. The minimum Gasteiger partial charge on any atom is -0.489 e. The zero-order chi connectivity index (χ0) is 22.2. The van der Waals surface area contributed by atoms with Gasteiger partial charge in [-0.3, -0.25) is 9.59 Å². The van der Waals surface area contributed by atoms with Gasteiger partial charge in [-0.2, -0.15) is 5.10 Å². The monoisotopic (exact) mass is 419 g/mol. The van der Waals surface area contributed by atoms with Crippen molar-refractivity contribution in [2.45, 2.75) is 20.5 Å². The van der Waals surface area contributed by atoms with E-state index in [1.54, 1.807) is 48.5 Å². The van der Waals surface area contributed by atoms with Crippen molar-refractivity contribution in [3.05, 3.63) is 94.8 Å². The Morgan fingerprint density at radius 3 is 2.48 bits per heavy atom. The van der Waals surface area contributed by atoms with E-state index in [1.165, 1.54) is 18.3 Å². The number of hydrogen-bond acceptors (Lipinski definition) is 4. The molecule has 31 heavy (non-hydrogen) atoms. The summed E-state index contributed by atoms with van der Waals surface area (Å²) in [5.74, 6) is -1.39. The number of benzene rings is 3. The van der Waals surface area contributed by atoms with Crippen LogP contribution in [0, 0.1) is 19.7 Å². The number of hydrazone groups is 1. The fraction of sp³-hybridized carbons (Fsp3) is 0.125. The van der Waals surface area contributed by atoms with Crippen LogP contribution in [0.3, 0.4) is 0 Å². The molecule has 0 saturated carbocycles. The molecular formula is C24H22FN3O3. The maximum Gasteiger partial charge on any atom is 0.329 e. The zero-order valence-corrected chi connectivity index (χ0v) is 17.2. The molecule has 0 fully saturated rings. The van der Waals surface area contributed by atoms with Crippen molar-refractivity contribution in [3.8, 4) is 5.75 Å². The van der Waals surface area contributed by atoms with E-state index in [0.29, 0.717) is 17.0 Å². The zero-order valence-electron chi connectivity index (χ0n) is 17.2. The molecule has 0 radical (unpaired) electrons. The second-order valence-corrected chi connectivity index (χ2v) is 6.94. The number of nitrogens with one attached hydrogen (secondary N) is 2. The highest BCUT2D eigenvalue weighted by atomic mass is 19.1. The molecule has 0 aliphatic heterocycles. The number of anilines is 1. The Morgan fingerprint density at radius 2 is 1.74 bits per heavy atom. The van der Waals surface area contributed by atoms with Crippen molar-refractivity contribution < 1.29 is 18.7 Å². The number of amides is 2. The first-order valence-electron chi connectivity index (χ1n) is 9.59. The Morgan fingerprint density at radius 1 is 0.968 bits per heavy atom. The van der Waals surface area contributed by atoms with Crippen molar-refractivity contribution in [2.24, 2.45) is 5.10 Å². The Bertz CT molecular complexity index is 1110. The van der Waals surface area contributed by atoms with E-state index in [0.717, 1.165) is 16.7 Å². The fourth-order valence-electron chi connectivity index (χ4n) is 2.66. The van der Waals surface area contributed by atoms with E-state index in [9.17, 15) is 14.0 Å². The van der Waals surface area contributed by atoms with Crippen LogP contribution >= 0.6 is 0 Å². The summed E-state index contributed by atoms with van der Waals surface area (Å²) >= 11 is 0. The fourth-order valence-corrected chi connectivity index (χ4v) is 2.66. The second-order valence-electron chi connectivity index (χ2n) is 6.94. The van der Waals surface area contributed by atoms with Gasteiger partial charge in [0.1, 0.15) is 18.2 Å². The lowest BCUT2D eigenvalue weighted by molar-refractivity contribution is -0.136. The molecule has 3 aromatic carbocycles. The van der Waals surface area contributed by atoms with E-state index in [-0.39, 0.29) is 12.4 Å². The molecule has 158 valence electrons. The van der Waals surface area contributed by atoms with Crippen LogP contribution in [0.25, 0.3) is 0 Å². The van der Waals surface area contributed by atoms with Gasteiger partial charge in [0.25, 0.3) is 0 Å². The van der Waals surface area contributed by atoms with Crippen molar-refractivity contribution in [1.82, 2.24) is 5.43 Å². The van der Waals surface area contributed by atoms with Gasteiger partial charge < -0.3 is 10.1 Å². The van der Waals surface area contributed by atoms with Gasteiger partial charge in [0, 0.05) is 5.69 Å². The molecule has 2 amide bonds. The quantitative estimate of drug-likeness (QED) is 0.359. The molecule has 6 nitrogen and oxygen atoms in total. The third-order valence-corrected chi connectivity index (χ3v) is 4.53. The van der Waals surface area contributed by atoms with Gasteiger partial charge in [0.15, 0.2) is 0 Å². The minimum absolute atomic E-state index is 0.288. The lowest BCUT2D eigenvalue weighted by atomic mass is 10.1. The van der Waals surface area contributed by atoms with Gasteiger partial charge in [-0.25, -0.2) is 9.82 Å². The average molecular weight is 419 g/mol. The molecule has 0 aliphatic carbocycles. The summed E-state index contributed by atoms with van der Waals surface area (Å²) in [6.45, 7) is 4.17. The Kier molecular flexibility index (Phi) is 7.11. The molecule has 0 spiro atoms. The number of rotatable bonds is 6. The van der Waals surface area contributed by atoms with Crippen molar-refractivity contribution in [1.29, 1.82) is 0 Å². The number of halogens is 1. The lowest BCUT2D eigenvalue weighted by Crippen LogP contribution is -2.32. The maximum atomic E-state index is 13.0. The lowest BCUT2D eigenvalue weighted by Gasteiger charge is -2.07. The molecule has 0 saturated heterocycles. The highest BCUT2D eigenvalue weighted by Gasteiger charge is 2.13. The van der Waals surface area contributed by atoms with Gasteiger partial charge in [-0.1, -0.05) is 30.3 Å². The van der Waals surface area contributed by atoms with Crippen LogP contribution in [-0.2, 0) is 16.2 Å². The molecule has 2 N–H and O–H groups in total. The highest BCUT2D eigenvalue weighted by molar-refractivity contribution is 6.39. The molecule has 0 atom stereocenters. The number of carbonyl (C=O) groups is 2. The minimum atomic E-state index is -0.877. The summed E-state index contributed by atoms with van der Waals surface area (Å²) in [5, 5.41) is 6.36. The topological polar surface area (TPSA) is 79.8 Å². The van der Waals surface area contributed by atoms with Gasteiger partial charge in [0.05, 0.1) is 6.21 Å². The second kappa shape index (κ2) is 10.2. The Labute approximate surface area is 179 Å². The van der Waals surface area contributed by atoms with Crippen molar-refractivity contribution in [3.63, 3.8) is 0 Å². The van der Waals surface area contributed by atoms with Crippen molar-refractivity contribution >= 4 is 23.7 Å². The normalized spacial score (nSPS) is 10.7. The third-order valence-electron chi connectivity index (χ3n) is 4.53. The molecule has 0 heterocycles. The third kappa shape index (κ3) is 6.50. The van der Waals surface area contributed by atoms with Gasteiger partial charge in [0.2, 0.25) is 0 Å². The van der Waals surface area contributed by atoms with Crippen LogP contribution in [0.4, 0.5) is 10.1 Å². The molecule has 3 aromatic rings. The number of hydrogen-bond donors (Lipinski definition) is 2. The first-order valence-corrected chi connectivity index (χ1v) is 9.59. The summed E-state index contributed by atoms with van der Waals surface area (Å²) in [7, 11) is 0. The summed E-state index contributed by atoms with van der Waals surface area (Å²) in [5.41, 5.74) is 6.36. The summed E-state index contributed by atoms with van der Waals surface area (Å²) in [6.07, 6.45) is 1.41. The van der Waals surface area contributed by atoms with Crippen LogP contribution in [0.15, 0.2) is 71.8 Å². The number of nitrogens with zero attached hydrogens (tertiary/aromatic N) is 1. The van der Waals surface area contributed by atoms with Crippen LogP contribution in [0.1, 0.15) is 22.3 Å². The van der Waals surface area contributed by atoms with E-state index in [4.69, 9.17) is 4.74 Å². The van der Waals surface area contributed by atoms with Crippen LogP contribution in [-0.4, -0.2) is 18.0 Å². The Balaban J connectivity index is 1.52. The van der Waals surface area contributed by atoms with E-state index >= 15 is 0 Å². The Hall–Kier alpha value is -4.00. The van der Waals surface area contributed by atoms with Gasteiger partial charge in [-0.05, 0) is 72.5 Å². The van der Waals surface area contributed by atoms with Crippen LogP contribution in [0.5, 0.6) is 5.75 Å². The number of carbonyl (C=O) groups excluding carboxylic acids is 2. The number of ether oxygens (including phenoxy) is 1. The summed E-state index contributed by atoms with van der Waals surface area (Å²) in [6, 6.07) is 18.5. The summed E-state index contributed by atoms with van der Waals surface area (Å²) < 4.78 is 18.6. The average Bonchev–Trinajstić information content (AvgIpc) is 2.76. The SMILES string of the molecule is Cc1ccc(NC(=O)C(=O)N/N=C/c2cccc(OCc3ccc(F)cc3)c2)cc1C. The standard InChI is InChI=1S/C24H22FN3O3/c1-16-6-11-21(12-17(16)2)27-23(29)24(30)28-26-14-19-4-3-5-22(13-19)31-15-18-7-9-20(25)10-8-18/h3-14H,15H2,1-2H3,(H,27,29)(H,28,30)/b26-14+. The van der Waals surface area contributed by atoms with E-state index < -0.39 is 11.8 Å². The van der Waals surface area contributed by atoms with Crippen molar-refractivity contribution in [2.75, 3.05) is 5.32 Å². The molecule has 0 unspecified atom stereocenters. The first-order chi connectivity index (χ1) is 14.9.